The molecule has 0 fully saturated rings. The van der Waals surface area contributed by atoms with Gasteiger partial charge < -0.3 is 10.2 Å². The van der Waals surface area contributed by atoms with Gasteiger partial charge in [0.15, 0.2) is 0 Å². The summed E-state index contributed by atoms with van der Waals surface area (Å²) in [4.78, 5) is 0. The molecule has 0 amide bonds. The fourth-order valence-corrected chi connectivity index (χ4v) is 2.62. The first-order chi connectivity index (χ1) is 10.5. The van der Waals surface area contributed by atoms with E-state index in [0.29, 0.717) is 0 Å². The minimum absolute atomic E-state index is 0.260. The first kappa shape index (κ1) is 14.2. The summed E-state index contributed by atoms with van der Waals surface area (Å²) in [5.74, 6) is 0.521. The fourth-order valence-electron chi connectivity index (χ4n) is 2.62. The van der Waals surface area contributed by atoms with Crippen molar-refractivity contribution in [3.63, 3.8) is 0 Å². The van der Waals surface area contributed by atoms with Gasteiger partial charge in [-0.15, -0.1) is 0 Å². The summed E-state index contributed by atoms with van der Waals surface area (Å²) < 4.78 is 0. The van der Waals surface area contributed by atoms with E-state index in [1.165, 1.54) is 0 Å². The molecule has 0 spiro atoms. The van der Waals surface area contributed by atoms with Crippen molar-refractivity contribution in [2.45, 2.75) is 13.8 Å². The molecular formula is C20H18O2. The normalized spacial score (nSPS) is 10.6. The van der Waals surface area contributed by atoms with Crippen molar-refractivity contribution >= 4 is 0 Å². The van der Waals surface area contributed by atoms with Crippen LogP contribution in [-0.2, 0) is 0 Å². The number of rotatable bonds is 2. The highest BCUT2D eigenvalue weighted by Crippen LogP contribution is 2.35. The lowest BCUT2D eigenvalue weighted by Crippen LogP contribution is -1.85. The van der Waals surface area contributed by atoms with Crippen LogP contribution in [0, 0.1) is 13.8 Å². The number of aromatic hydroxyl groups is 2. The molecule has 3 aromatic rings. The molecule has 0 saturated heterocycles. The van der Waals surface area contributed by atoms with Crippen molar-refractivity contribution in [2.75, 3.05) is 0 Å². The summed E-state index contributed by atoms with van der Waals surface area (Å²) >= 11 is 0. The minimum atomic E-state index is 0.260. The van der Waals surface area contributed by atoms with Crippen LogP contribution in [0.25, 0.3) is 22.3 Å². The molecule has 0 aliphatic carbocycles. The maximum absolute atomic E-state index is 10.1. The molecule has 110 valence electrons. The molecule has 0 aliphatic rings. The monoisotopic (exact) mass is 290 g/mol. The summed E-state index contributed by atoms with van der Waals surface area (Å²) in [6.45, 7) is 4.00. The Morgan fingerprint density at radius 2 is 1.05 bits per heavy atom. The zero-order valence-corrected chi connectivity index (χ0v) is 12.7. The summed E-state index contributed by atoms with van der Waals surface area (Å²) in [7, 11) is 0. The molecule has 2 heteroatoms. The van der Waals surface area contributed by atoms with Crippen molar-refractivity contribution in [2.24, 2.45) is 0 Å². The third-order valence-electron chi connectivity index (χ3n) is 3.79. The molecule has 0 atom stereocenters. The Balaban J connectivity index is 2.14. The Bertz CT molecular complexity index is 768. The molecule has 2 N–H and O–H groups in total. The van der Waals surface area contributed by atoms with Crippen molar-refractivity contribution in [3.05, 3.63) is 71.8 Å². The van der Waals surface area contributed by atoms with Gasteiger partial charge >= 0.3 is 0 Å². The van der Waals surface area contributed by atoms with Gasteiger partial charge in [0.2, 0.25) is 0 Å². The molecule has 0 radical (unpaired) electrons. The van der Waals surface area contributed by atoms with Crippen molar-refractivity contribution in [1.29, 1.82) is 0 Å². The average Bonchev–Trinajstić information content (AvgIpc) is 2.52. The first-order valence-electron chi connectivity index (χ1n) is 7.24. The summed E-state index contributed by atoms with van der Waals surface area (Å²) in [6, 6.07) is 19.0. The second kappa shape index (κ2) is 5.57. The van der Waals surface area contributed by atoms with Crippen LogP contribution in [0.15, 0.2) is 60.7 Å². The van der Waals surface area contributed by atoms with Gasteiger partial charge in [-0.25, -0.2) is 0 Å². The number of hydrogen-bond donors (Lipinski definition) is 2. The molecule has 22 heavy (non-hydrogen) atoms. The van der Waals surface area contributed by atoms with E-state index in [-0.39, 0.29) is 11.5 Å². The van der Waals surface area contributed by atoms with Crippen LogP contribution in [0.4, 0.5) is 0 Å². The van der Waals surface area contributed by atoms with Crippen LogP contribution in [0.1, 0.15) is 11.1 Å². The van der Waals surface area contributed by atoms with E-state index >= 15 is 0 Å². The number of benzene rings is 3. The highest BCUT2D eigenvalue weighted by Gasteiger charge is 2.09. The topological polar surface area (TPSA) is 40.5 Å². The lowest BCUT2D eigenvalue weighted by molar-refractivity contribution is 0.477. The lowest BCUT2D eigenvalue weighted by atomic mass is 9.96. The molecule has 0 aromatic heterocycles. The van der Waals surface area contributed by atoms with Gasteiger partial charge in [-0.2, -0.15) is 0 Å². The lowest BCUT2D eigenvalue weighted by Gasteiger charge is -2.10. The van der Waals surface area contributed by atoms with Gasteiger partial charge in [0.25, 0.3) is 0 Å². The summed E-state index contributed by atoms with van der Waals surface area (Å²) in [5, 5.41) is 20.2. The molecule has 3 rings (SSSR count). The smallest absolute Gasteiger partial charge is 0.123 e. The fraction of sp³-hybridized carbons (Fsp3) is 0.100. The molecule has 0 saturated carbocycles. The average molecular weight is 290 g/mol. The Labute approximate surface area is 130 Å². The van der Waals surface area contributed by atoms with Crippen LogP contribution in [0.5, 0.6) is 11.5 Å². The van der Waals surface area contributed by atoms with E-state index in [1.807, 2.05) is 62.4 Å². The van der Waals surface area contributed by atoms with Gasteiger partial charge in [-0.1, -0.05) is 41.5 Å². The van der Waals surface area contributed by atoms with Gasteiger partial charge in [-0.3, -0.25) is 0 Å². The van der Waals surface area contributed by atoms with E-state index in [9.17, 15) is 10.2 Å². The van der Waals surface area contributed by atoms with Crippen molar-refractivity contribution in [3.8, 4) is 33.8 Å². The first-order valence-corrected chi connectivity index (χ1v) is 7.24. The maximum Gasteiger partial charge on any atom is 0.123 e. The van der Waals surface area contributed by atoms with E-state index in [2.05, 4.69) is 0 Å². The molecule has 0 unspecified atom stereocenters. The molecular weight excluding hydrogens is 272 g/mol. The van der Waals surface area contributed by atoms with Crippen molar-refractivity contribution < 1.29 is 10.2 Å². The highest BCUT2D eigenvalue weighted by molar-refractivity contribution is 5.78. The van der Waals surface area contributed by atoms with Crippen LogP contribution in [-0.4, -0.2) is 10.2 Å². The molecule has 0 bridgehead atoms. The van der Waals surface area contributed by atoms with Gasteiger partial charge in [0, 0.05) is 11.1 Å². The predicted molar refractivity (Wildman–Crippen MR) is 90.1 cm³/mol. The van der Waals surface area contributed by atoms with E-state index in [1.54, 1.807) is 12.1 Å². The maximum atomic E-state index is 10.1. The second-order valence-corrected chi connectivity index (χ2v) is 5.62. The number of aryl methyl sites for hydroxylation is 2. The van der Waals surface area contributed by atoms with Gasteiger partial charge in [-0.05, 0) is 55.3 Å². The standard InChI is InChI=1S/C20H18O2/c1-13-6-8-19(21)17(10-13)15-4-3-5-16(12-15)18-11-14(2)7-9-20(18)22/h3-12,21-22H,1-2H3. The minimum Gasteiger partial charge on any atom is -0.507 e. The Morgan fingerprint density at radius 1 is 0.591 bits per heavy atom. The van der Waals surface area contributed by atoms with Crippen LogP contribution >= 0.6 is 0 Å². The molecule has 0 heterocycles. The van der Waals surface area contributed by atoms with Gasteiger partial charge in [0.1, 0.15) is 11.5 Å². The van der Waals surface area contributed by atoms with E-state index < -0.39 is 0 Å². The molecule has 0 aliphatic heterocycles. The largest absolute Gasteiger partial charge is 0.507 e. The molecule has 3 aromatic carbocycles. The third kappa shape index (κ3) is 2.68. The number of hydrogen-bond acceptors (Lipinski definition) is 2. The third-order valence-corrected chi connectivity index (χ3v) is 3.79. The highest BCUT2D eigenvalue weighted by atomic mass is 16.3. The van der Waals surface area contributed by atoms with E-state index in [0.717, 1.165) is 33.4 Å². The second-order valence-electron chi connectivity index (χ2n) is 5.62. The summed E-state index contributed by atoms with van der Waals surface area (Å²) in [6.07, 6.45) is 0. The zero-order valence-electron chi connectivity index (χ0n) is 12.7. The van der Waals surface area contributed by atoms with Crippen molar-refractivity contribution in [1.82, 2.24) is 0 Å². The van der Waals surface area contributed by atoms with Crippen LogP contribution in [0.2, 0.25) is 0 Å². The number of phenolic OH excluding ortho intramolecular Hbond substituents is 2. The predicted octanol–water partition coefficient (Wildman–Crippen LogP) is 5.05. The van der Waals surface area contributed by atoms with Crippen LogP contribution < -0.4 is 0 Å². The SMILES string of the molecule is Cc1ccc(O)c(-c2cccc(-c3cc(C)ccc3O)c2)c1. The Morgan fingerprint density at radius 3 is 1.50 bits per heavy atom. The van der Waals surface area contributed by atoms with E-state index in [4.69, 9.17) is 0 Å². The Kier molecular flexibility index (Phi) is 3.60. The van der Waals surface area contributed by atoms with Gasteiger partial charge in [0.05, 0.1) is 0 Å². The van der Waals surface area contributed by atoms with Crippen LogP contribution in [0.3, 0.4) is 0 Å². The zero-order chi connectivity index (χ0) is 15.7. The number of phenols is 2. The quantitative estimate of drug-likeness (QED) is 0.693. The Hall–Kier alpha value is -2.74. The molecule has 2 nitrogen and oxygen atoms in total. The summed E-state index contributed by atoms with van der Waals surface area (Å²) in [5.41, 5.74) is 5.65.